The normalized spacial score (nSPS) is 11.0. The third-order valence-corrected chi connectivity index (χ3v) is 2.63. The van der Waals surface area contributed by atoms with Gasteiger partial charge in [0.05, 0.1) is 0 Å². The van der Waals surface area contributed by atoms with Crippen LogP contribution in [0.15, 0.2) is 30.3 Å². The summed E-state index contributed by atoms with van der Waals surface area (Å²) in [6.45, 7) is 0. The van der Waals surface area contributed by atoms with Gasteiger partial charge in [0.25, 0.3) is 0 Å². The number of aliphatic hydroxyl groups excluding tert-OH is 1. The van der Waals surface area contributed by atoms with Gasteiger partial charge in [-0.1, -0.05) is 36.8 Å². The van der Waals surface area contributed by atoms with Gasteiger partial charge in [-0.3, -0.25) is 9.59 Å². The Balaban J connectivity index is 0.000000401. The van der Waals surface area contributed by atoms with Crippen LogP contribution in [0.1, 0.15) is 43.8 Å². The number of carbonyl (C=O) groups is 3. The number of hydrogen-bond donors (Lipinski definition) is 4. The van der Waals surface area contributed by atoms with Gasteiger partial charge in [-0.05, 0) is 18.4 Å². The zero-order valence-corrected chi connectivity index (χ0v) is 12.0. The van der Waals surface area contributed by atoms with Crippen molar-refractivity contribution in [2.24, 2.45) is 0 Å². The second-order valence-corrected chi connectivity index (χ2v) is 4.50. The van der Waals surface area contributed by atoms with Crippen LogP contribution in [0.4, 0.5) is 0 Å². The highest BCUT2D eigenvalue weighted by atomic mass is 16.4. The molecule has 0 fully saturated rings. The summed E-state index contributed by atoms with van der Waals surface area (Å²) in [5, 5.41) is 33.8. The minimum absolute atomic E-state index is 0.139. The molecule has 4 N–H and O–H groups in total. The van der Waals surface area contributed by atoms with Crippen molar-refractivity contribution in [3.63, 3.8) is 0 Å². The third-order valence-electron chi connectivity index (χ3n) is 2.63. The van der Waals surface area contributed by atoms with Gasteiger partial charge in [0, 0.05) is 12.8 Å². The maximum Gasteiger partial charge on any atom is 0.337 e. The number of aliphatic hydroxyl groups is 1. The van der Waals surface area contributed by atoms with E-state index in [1.54, 1.807) is 30.3 Å². The summed E-state index contributed by atoms with van der Waals surface area (Å²) in [6, 6.07) is 8.26. The van der Waals surface area contributed by atoms with Crippen molar-refractivity contribution >= 4 is 17.9 Å². The van der Waals surface area contributed by atoms with E-state index in [0.29, 0.717) is 24.8 Å². The molecule has 22 heavy (non-hydrogen) atoms. The zero-order valence-electron chi connectivity index (χ0n) is 12.0. The smallest absolute Gasteiger partial charge is 0.337 e. The standard InChI is InChI=1S/C8H8O3.C7H12O4/c9-7(8(10)11)6-4-2-1-3-5-6;8-6(9)4-2-1-3-5-7(10)11/h1-5,7,9H,(H,10,11);1-5H2,(H,8,9)(H,10,11). The van der Waals surface area contributed by atoms with Gasteiger partial charge >= 0.3 is 17.9 Å². The van der Waals surface area contributed by atoms with E-state index in [1.165, 1.54) is 0 Å². The van der Waals surface area contributed by atoms with E-state index in [1.807, 2.05) is 0 Å². The lowest BCUT2D eigenvalue weighted by Crippen LogP contribution is -2.09. The van der Waals surface area contributed by atoms with Crippen LogP contribution >= 0.6 is 0 Å². The molecule has 0 aromatic heterocycles. The molecule has 0 aliphatic heterocycles. The molecule has 0 saturated heterocycles. The summed E-state index contributed by atoms with van der Waals surface area (Å²) in [6.07, 6.45) is 0.694. The van der Waals surface area contributed by atoms with E-state index in [0.717, 1.165) is 0 Å². The van der Waals surface area contributed by atoms with Crippen LogP contribution in [0.2, 0.25) is 0 Å². The van der Waals surface area contributed by atoms with Gasteiger partial charge in [-0.15, -0.1) is 0 Å². The molecule has 122 valence electrons. The van der Waals surface area contributed by atoms with E-state index >= 15 is 0 Å². The van der Waals surface area contributed by atoms with Crippen LogP contribution in [-0.4, -0.2) is 38.3 Å². The van der Waals surface area contributed by atoms with Gasteiger partial charge in [0.15, 0.2) is 6.10 Å². The minimum Gasteiger partial charge on any atom is -0.481 e. The van der Waals surface area contributed by atoms with Crippen LogP contribution in [-0.2, 0) is 14.4 Å². The minimum atomic E-state index is -1.41. The predicted octanol–water partition coefficient (Wildman–Crippen LogP) is 1.91. The van der Waals surface area contributed by atoms with Gasteiger partial charge in [-0.25, -0.2) is 4.79 Å². The Morgan fingerprint density at radius 2 is 1.27 bits per heavy atom. The lowest BCUT2D eigenvalue weighted by atomic mass is 10.1. The van der Waals surface area contributed by atoms with E-state index < -0.39 is 24.0 Å². The van der Waals surface area contributed by atoms with Crippen molar-refractivity contribution < 1.29 is 34.8 Å². The lowest BCUT2D eigenvalue weighted by Gasteiger charge is -2.03. The largest absolute Gasteiger partial charge is 0.481 e. The van der Waals surface area contributed by atoms with E-state index in [-0.39, 0.29) is 12.8 Å². The Hall–Kier alpha value is -2.41. The Kier molecular flexibility index (Phi) is 10.0. The predicted molar refractivity (Wildman–Crippen MR) is 77.4 cm³/mol. The Bertz CT molecular complexity index is 454. The summed E-state index contributed by atoms with van der Waals surface area (Å²) in [5.74, 6) is -2.86. The van der Waals surface area contributed by atoms with Crippen LogP contribution in [0, 0.1) is 0 Å². The Morgan fingerprint density at radius 3 is 1.64 bits per heavy atom. The molecular weight excluding hydrogens is 292 g/mol. The quantitative estimate of drug-likeness (QED) is 0.539. The molecule has 0 saturated carbocycles. The maximum atomic E-state index is 10.2. The zero-order chi connectivity index (χ0) is 17.0. The lowest BCUT2D eigenvalue weighted by molar-refractivity contribution is -0.147. The average Bonchev–Trinajstić information content (AvgIpc) is 2.47. The van der Waals surface area contributed by atoms with Gasteiger partial charge in [0.1, 0.15) is 0 Å². The van der Waals surface area contributed by atoms with Crippen molar-refractivity contribution in [3.05, 3.63) is 35.9 Å². The summed E-state index contributed by atoms with van der Waals surface area (Å²) >= 11 is 0. The SMILES string of the molecule is O=C(O)C(O)c1ccccc1.O=C(O)CCCCCC(=O)O. The maximum absolute atomic E-state index is 10.2. The summed E-state index contributed by atoms with van der Waals surface area (Å²) in [7, 11) is 0. The molecule has 1 aromatic rings. The number of benzene rings is 1. The van der Waals surface area contributed by atoms with Crippen molar-refractivity contribution in [2.45, 2.75) is 38.2 Å². The monoisotopic (exact) mass is 312 g/mol. The molecule has 1 unspecified atom stereocenters. The molecule has 7 heteroatoms. The number of aliphatic carboxylic acids is 3. The van der Waals surface area contributed by atoms with Crippen molar-refractivity contribution in [2.75, 3.05) is 0 Å². The first-order chi connectivity index (χ1) is 10.3. The van der Waals surface area contributed by atoms with E-state index in [4.69, 9.17) is 20.4 Å². The van der Waals surface area contributed by atoms with Gasteiger partial charge < -0.3 is 20.4 Å². The van der Waals surface area contributed by atoms with Crippen LogP contribution in [0.3, 0.4) is 0 Å². The van der Waals surface area contributed by atoms with Gasteiger partial charge in [-0.2, -0.15) is 0 Å². The first kappa shape index (κ1) is 19.6. The molecular formula is C15H20O7. The first-order valence-electron chi connectivity index (χ1n) is 6.74. The second-order valence-electron chi connectivity index (χ2n) is 4.50. The van der Waals surface area contributed by atoms with E-state index in [9.17, 15) is 14.4 Å². The number of hydrogen-bond acceptors (Lipinski definition) is 4. The molecule has 0 spiro atoms. The highest BCUT2D eigenvalue weighted by Gasteiger charge is 2.14. The molecule has 0 aliphatic carbocycles. The topological polar surface area (TPSA) is 132 Å². The molecule has 0 bridgehead atoms. The summed E-state index contributed by atoms with van der Waals surface area (Å²) < 4.78 is 0. The van der Waals surface area contributed by atoms with Crippen LogP contribution < -0.4 is 0 Å². The van der Waals surface area contributed by atoms with Gasteiger partial charge in [0.2, 0.25) is 0 Å². The molecule has 0 amide bonds. The van der Waals surface area contributed by atoms with Crippen molar-refractivity contribution in [1.82, 2.24) is 0 Å². The third kappa shape index (κ3) is 10.4. The molecule has 1 rings (SSSR count). The van der Waals surface area contributed by atoms with Crippen LogP contribution in [0.5, 0.6) is 0 Å². The fraction of sp³-hybridized carbons (Fsp3) is 0.400. The number of unbranched alkanes of at least 4 members (excludes halogenated alkanes) is 2. The number of carboxylic acid groups (broad SMARTS) is 3. The molecule has 1 atom stereocenters. The number of rotatable bonds is 8. The highest BCUT2D eigenvalue weighted by molar-refractivity contribution is 5.73. The average molecular weight is 312 g/mol. The number of carboxylic acids is 3. The molecule has 1 aromatic carbocycles. The van der Waals surface area contributed by atoms with Crippen LogP contribution in [0.25, 0.3) is 0 Å². The Morgan fingerprint density at radius 1 is 0.818 bits per heavy atom. The molecule has 0 radical (unpaired) electrons. The first-order valence-corrected chi connectivity index (χ1v) is 6.74. The van der Waals surface area contributed by atoms with E-state index in [2.05, 4.69) is 0 Å². The summed E-state index contributed by atoms with van der Waals surface area (Å²) in [4.78, 5) is 30.2. The molecule has 7 nitrogen and oxygen atoms in total. The second kappa shape index (κ2) is 11.3. The molecule has 0 aliphatic rings. The van der Waals surface area contributed by atoms with Crippen molar-refractivity contribution in [1.29, 1.82) is 0 Å². The Labute approximate surface area is 127 Å². The van der Waals surface area contributed by atoms with Crippen molar-refractivity contribution in [3.8, 4) is 0 Å². The molecule has 0 heterocycles. The summed E-state index contributed by atoms with van der Waals surface area (Å²) in [5.41, 5.74) is 0.403. The fourth-order valence-corrected chi connectivity index (χ4v) is 1.51. The highest BCUT2D eigenvalue weighted by Crippen LogP contribution is 2.10. The fourth-order valence-electron chi connectivity index (χ4n) is 1.51.